The molecule has 2 rings (SSSR count). The van der Waals surface area contributed by atoms with E-state index in [4.69, 9.17) is 0 Å². The van der Waals surface area contributed by atoms with Gasteiger partial charge in [0, 0.05) is 25.2 Å². The number of amides is 2. The summed E-state index contributed by atoms with van der Waals surface area (Å²) in [5.41, 5.74) is 1.91. The van der Waals surface area contributed by atoms with Gasteiger partial charge in [-0.25, -0.2) is 0 Å². The van der Waals surface area contributed by atoms with Gasteiger partial charge in [-0.2, -0.15) is 0 Å². The van der Waals surface area contributed by atoms with Gasteiger partial charge in [0.1, 0.15) is 6.04 Å². The van der Waals surface area contributed by atoms with Crippen LogP contribution in [0.5, 0.6) is 0 Å². The second-order valence-corrected chi connectivity index (χ2v) is 5.58. The number of benzene rings is 1. The van der Waals surface area contributed by atoms with Crippen molar-refractivity contribution in [3.8, 4) is 0 Å². The normalized spacial score (nSPS) is 15.2. The number of carbonyl (C=O) groups is 2. The Bertz CT molecular complexity index is 536. The average molecular weight is 340 g/mol. The van der Waals surface area contributed by atoms with Crippen molar-refractivity contribution in [3.05, 3.63) is 29.8 Å². The zero-order valence-electron chi connectivity index (χ0n) is 13.8. The number of nitrogens with zero attached hydrogens (tertiary/aromatic N) is 1. The zero-order valence-corrected chi connectivity index (χ0v) is 14.6. The van der Waals surface area contributed by atoms with Gasteiger partial charge in [-0.15, -0.1) is 12.4 Å². The van der Waals surface area contributed by atoms with E-state index < -0.39 is 0 Å². The molecule has 0 radical (unpaired) electrons. The maximum Gasteiger partial charge on any atom is 0.247 e. The van der Waals surface area contributed by atoms with E-state index in [0.29, 0.717) is 19.4 Å². The molecule has 1 fully saturated rings. The summed E-state index contributed by atoms with van der Waals surface area (Å²) < 4.78 is 0. The topological polar surface area (TPSA) is 61.4 Å². The first-order valence-electron chi connectivity index (χ1n) is 8.05. The maximum atomic E-state index is 12.5. The molecule has 0 spiro atoms. The Hall–Kier alpha value is -1.59. The molecule has 2 N–H and O–H groups in total. The summed E-state index contributed by atoms with van der Waals surface area (Å²) in [7, 11) is 0. The first-order valence-corrected chi connectivity index (χ1v) is 8.05. The molecule has 0 aromatic heterocycles. The Morgan fingerprint density at radius 2 is 2.13 bits per heavy atom. The summed E-state index contributed by atoms with van der Waals surface area (Å²) in [5.74, 6) is -0.0127. The Kier molecular flexibility index (Phi) is 8.06. The van der Waals surface area contributed by atoms with E-state index in [-0.39, 0.29) is 30.3 Å². The molecule has 1 unspecified atom stereocenters. The lowest BCUT2D eigenvalue weighted by molar-refractivity contribution is -0.135. The maximum absolute atomic E-state index is 12.5. The van der Waals surface area contributed by atoms with Crippen LogP contribution in [0.4, 0.5) is 5.69 Å². The third kappa shape index (κ3) is 5.22. The fourth-order valence-electron chi connectivity index (χ4n) is 2.80. The van der Waals surface area contributed by atoms with Crippen LogP contribution in [0.3, 0.4) is 0 Å². The third-order valence-electron chi connectivity index (χ3n) is 3.95. The minimum absolute atomic E-state index is 0. The van der Waals surface area contributed by atoms with Crippen LogP contribution < -0.4 is 10.6 Å². The summed E-state index contributed by atoms with van der Waals surface area (Å²) in [5, 5.41) is 6.21. The molecule has 5 nitrogen and oxygen atoms in total. The second kappa shape index (κ2) is 9.53. The van der Waals surface area contributed by atoms with Crippen LogP contribution in [0.25, 0.3) is 0 Å². The third-order valence-corrected chi connectivity index (χ3v) is 3.95. The van der Waals surface area contributed by atoms with Gasteiger partial charge < -0.3 is 15.5 Å². The van der Waals surface area contributed by atoms with Crippen LogP contribution in [-0.4, -0.2) is 35.8 Å². The highest BCUT2D eigenvalue weighted by atomic mass is 35.5. The van der Waals surface area contributed by atoms with E-state index in [1.165, 1.54) is 0 Å². The molecule has 1 heterocycles. The largest absolute Gasteiger partial charge is 0.331 e. The van der Waals surface area contributed by atoms with Crippen molar-refractivity contribution in [2.24, 2.45) is 0 Å². The average Bonchev–Trinajstić information content (AvgIpc) is 2.92. The molecular weight excluding hydrogens is 314 g/mol. The minimum atomic E-state index is -0.368. The molecule has 6 heteroatoms. The van der Waals surface area contributed by atoms with Gasteiger partial charge in [0.05, 0.1) is 0 Å². The number of halogens is 1. The molecule has 1 aromatic carbocycles. The Morgan fingerprint density at radius 3 is 2.74 bits per heavy atom. The highest BCUT2D eigenvalue weighted by Gasteiger charge is 2.31. The fraction of sp³-hybridized carbons (Fsp3) is 0.529. The molecule has 1 atom stereocenters. The lowest BCUT2D eigenvalue weighted by Crippen LogP contribution is -2.44. The number of nitrogens with one attached hydrogen (secondary N) is 2. The highest BCUT2D eigenvalue weighted by Crippen LogP contribution is 2.18. The quantitative estimate of drug-likeness (QED) is 0.802. The molecule has 23 heavy (non-hydrogen) atoms. The van der Waals surface area contributed by atoms with Crippen molar-refractivity contribution in [1.29, 1.82) is 0 Å². The molecule has 128 valence electrons. The number of anilines is 1. The van der Waals surface area contributed by atoms with Crippen molar-refractivity contribution < 1.29 is 9.59 Å². The Balaban J connectivity index is 0.00000264. The van der Waals surface area contributed by atoms with Crippen LogP contribution in [0, 0.1) is 0 Å². The van der Waals surface area contributed by atoms with Gasteiger partial charge in [0.25, 0.3) is 0 Å². The summed E-state index contributed by atoms with van der Waals surface area (Å²) in [6.07, 6.45) is 2.04. The van der Waals surface area contributed by atoms with E-state index in [1.807, 2.05) is 31.2 Å². The fourth-order valence-corrected chi connectivity index (χ4v) is 2.80. The van der Waals surface area contributed by atoms with Crippen LogP contribution in [0.2, 0.25) is 0 Å². The van der Waals surface area contributed by atoms with Crippen molar-refractivity contribution >= 4 is 29.9 Å². The number of likely N-dealkylation sites (tertiary alicyclic amines) is 1. The van der Waals surface area contributed by atoms with Crippen molar-refractivity contribution in [2.45, 2.75) is 45.7 Å². The number of hydrogen-bond acceptors (Lipinski definition) is 3. The minimum Gasteiger partial charge on any atom is -0.331 e. The molecule has 1 aromatic rings. The molecule has 1 saturated heterocycles. The lowest BCUT2D eigenvalue weighted by Gasteiger charge is -2.25. The van der Waals surface area contributed by atoms with Gasteiger partial charge in [-0.1, -0.05) is 26.0 Å². The molecular formula is C17H26ClN3O2. The van der Waals surface area contributed by atoms with E-state index in [0.717, 1.165) is 30.8 Å². The van der Waals surface area contributed by atoms with Gasteiger partial charge >= 0.3 is 0 Å². The molecule has 1 aliphatic rings. The first-order chi connectivity index (χ1) is 10.7. The number of carbonyl (C=O) groups excluding carboxylic acids is 2. The van der Waals surface area contributed by atoms with Crippen LogP contribution in [0.15, 0.2) is 24.3 Å². The summed E-state index contributed by atoms with van der Waals surface area (Å²) in [4.78, 5) is 26.0. The molecule has 0 saturated carbocycles. The highest BCUT2D eigenvalue weighted by molar-refractivity contribution is 5.97. The predicted octanol–water partition coefficient (Wildman–Crippen LogP) is 2.56. The second-order valence-electron chi connectivity index (χ2n) is 5.58. The Morgan fingerprint density at radius 1 is 1.35 bits per heavy atom. The van der Waals surface area contributed by atoms with E-state index in [2.05, 4.69) is 17.6 Å². The molecule has 2 amide bonds. The van der Waals surface area contributed by atoms with Crippen LogP contribution >= 0.6 is 12.4 Å². The van der Waals surface area contributed by atoms with Crippen LogP contribution in [0.1, 0.15) is 38.7 Å². The van der Waals surface area contributed by atoms with Gasteiger partial charge in [0.15, 0.2) is 0 Å². The predicted molar refractivity (Wildman–Crippen MR) is 94.7 cm³/mol. The lowest BCUT2D eigenvalue weighted by atomic mass is 10.1. The molecule has 1 aliphatic heterocycles. The van der Waals surface area contributed by atoms with E-state index in [9.17, 15) is 9.59 Å². The van der Waals surface area contributed by atoms with E-state index >= 15 is 0 Å². The van der Waals surface area contributed by atoms with Gasteiger partial charge in [0.2, 0.25) is 11.8 Å². The van der Waals surface area contributed by atoms with Crippen LogP contribution in [-0.2, 0) is 16.1 Å². The monoisotopic (exact) mass is 339 g/mol. The van der Waals surface area contributed by atoms with Gasteiger partial charge in [-0.3, -0.25) is 9.59 Å². The summed E-state index contributed by atoms with van der Waals surface area (Å²) >= 11 is 0. The smallest absolute Gasteiger partial charge is 0.247 e. The standard InChI is InChI=1S/C17H25N3O2.ClH/c1-3-15(20-10-6-9-16(20)21)17(22)19-14-8-5-7-13(11-14)12-18-4-2;/h5,7-8,11,15,18H,3-4,6,9-10,12H2,1-2H3,(H,19,22);1H. The van der Waals surface area contributed by atoms with Crippen molar-refractivity contribution in [1.82, 2.24) is 10.2 Å². The van der Waals surface area contributed by atoms with Gasteiger partial charge in [-0.05, 0) is 37.1 Å². The molecule has 0 aliphatic carbocycles. The number of rotatable bonds is 7. The summed E-state index contributed by atoms with van der Waals surface area (Å²) in [6, 6.07) is 7.45. The zero-order chi connectivity index (χ0) is 15.9. The Labute approximate surface area is 144 Å². The molecule has 0 bridgehead atoms. The summed E-state index contributed by atoms with van der Waals surface area (Å²) in [6.45, 7) is 6.38. The van der Waals surface area contributed by atoms with Crippen molar-refractivity contribution in [2.75, 3.05) is 18.4 Å². The number of hydrogen-bond donors (Lipinski definition) is 2. The SMILES string of the molecule is CCNCc1cccc(NC(=O)C(CC)N2CCCC2=O)c1.Cl. The van der Waals surface area contributed by atoms with Crippen molar-refractivity contribution in [3.63, 3.8) is 0 Å². The first kappa shape index (κ1) is 19.5. The van der Waals surface area contributed by atoms with E-state index in [1.54, 1.807) is 4.90 Å².